The van der Waals surface area contributed by atoms with Gasteiger partial charge in [0.25, 0.3) is 5.91 Å². The van der Waals surface area contributed by atoms with Crippen LogP contribution in [0.3, 0.4) is 0 Å². The highest BCUT2D eigenvalue weighted by Gasteiger charge is 2.46. The van der Waals surface area contributed by atoms with Gasteiger partial charge in [-0.25, -0.2) is 5.01 Å². The van der Waals surface area contributed by atoms with Gasteiger partial charge in [-0.2, -0.15) is 10.2 Å². The quantitative estimate of drug-likeness (QED) is 0.578. The van der Waals surface area contributed by atoms with Gasteiger partial charge in [0.15, 0.2) is 5.69 Å². The van der Waals surface area contributed by atoms with Gasteiger partial charge in [0.1, 0.15) is 17.6 Å². The van der Waals surface area contributed by atoms with E-state index in [1.807, 2.05) is 37.3 Å². The van der Waals surface area contributed by atoms with E-state index in [1.54, 1.807) is 23.4 Å². The lowest BCUT2D eigenvalue weighted by molar-refractivity contribution is 0.0649. The lowest BCUT2D eigenvalue weighted by atomic mass is 9.79. The molecule has 1 saturated carbocycles. The van der Waals surface area contributed by atoms with E-state index >= 15 is 0 Å². The summed E-state index contributed by atoms with van der Waals surface area (Å²) in [4.78, 5) is 13.4. The number of rotatable bonds is 4. The summed E-state index contributed by atoms with van der Waals surface area (Å²) >= 11 is 6.32. The lowest BCUT2D eigenvalue weighted by Crippen LogP contribution is -2.32. The van der Waals surface area contributed by atoms with Gasteiger partial charge >= 0.3 is 0 Å². The van der Waals surface area contributed by atoms with E-state index in [2.05, 4.69) is 5.10 Å². The molecule has 2 atom stereocenters. The number of nitrogens with zero attached hydrogens (tertiary/aromatic N) is 4. The Hall–Kier alpha value is -3.06. The molecule has 2 unspecified atom stereocenters. The number of amides is 1. The molecule has 1 fully saturated rings. The number of aromatic nitrogens is 2. The van der Waals surface area contributed by atoms with Crippen molar-refractivity contribution in [2.45, 2.75) is 38.8 Å². The predicted octanol–water partition coefficient (Wildman–Crippen LogP) is 5.18. The minimum Gasteiger partial charge on any atom is -0.467 e. The first kappa shape index (κ1) is 18.9. The van der Waals surface area contributed by atoms with E-state index < -0.39 is 0 Å². The molecule has 8 heteroatoms. The minimum absolute atomic E-state index is 0.0436. The molecular weight excluding hydrogens is 404 g/mol. The molecule has 0 N–H and O–H groups in total. The highest BCUT2D eigenvalue weighted by atomic mass is 35.5. The SMILES string of the molecule is CCn1cc(Cl)c(C(=O)N2N=C3/C(=C/c4ccco4)CCCC3C2c2ccco2)n1. The summed E-state index contributed by atoms with van der Waals surface area (Å²) in [6.45, 7) is 2.57. The van der Waals surface area contributed by atoms with E-state index in [4.69, 9.17) is 25.5 Å². The number of furan rings is 2. The fourth-order valence-electron chi connectivity index (χ4n) is 4.26. The van der Waals surface area contributed by atoms with Crippen LogP contribution in [0.15, 0.2) is 62.5 Å². The van der Waals surface area contributed by atoms with Crippen molar-refractivity contribution in [3.63, 3.8) is 0 Å². The Morgan fingerprint density at radius 2 is 2.13 bits per heavy atom. The smallest absolute Gasteiger partial charge is 0.296 e. The van der Waals surface area contributed by atoms with E-state index in [9.17, 15) is 4.79 Å². The molecule has 4 heterocycles. The second-order valence-electron chi connectivity index (χ2n) is 7.46. The molecule has 0 radical (unpaired) electrons. The molecule has 0 aromatic carbocycles. The van der Waals surface area contributed by atoms with Crippen molar-refractivity contribution in [2.75, 3.05) is 0 Å². The summed E-state index contributed by atoms with van der Waals surface area (Å²) < 4.78 is 12.9. The summed E-state index contributed by atoms with van der Waals surface area (Å²) in [5.41, 5.74) is 2.19. The molecule has 30 heavy (non-hydrogen) atoms. The zero-order valence-electron chi connectivity index (χ0n) is 16.5. The number of allylic oxidation sites excluding steroid dienone is 1. The van der Waals surface area contributed by atoms with Gasteiger partial charge in [0, 0.05) is 18.7 Å². The largest absolute Gasteiger partial charge is 0.467 e. The Labute approximate surface area is 178 Å². The second-order valence-corrected chi connectivity index (χ2v) is 7.87. The molecule has 0 saturated heterocycles. The summed E-state index contributed by atoms with van der Waals surface area (Å²) in [6.07, 6.45) is 9.75. The first-order valence-corrected chi connectivity index (χ1v) is 10.5. The maximum Gasteiger partial charge on any atom is 0.296 e. The van der Waals surface area contributed by atoms with Crippen LogP contribution in [-0.4, -0.2) is 26.4 Å². The minimum atomic E-state index is -0.328. The molecule has 2 aliphatic rings. The van der Waals surface area contributed by atoms with Crippen molar-refractivity contribution in [1.82, 2.24) is 14.8 Å². The van der Waals surface area contributed by atoms with Crippen molar-refractivity contribution >= 4 is 29.3 Å². The van der Waals surface area contributed by atoms with Gasteiger partial charge in [-0.05, 0) is 62.1 Å². The Bertz CT molecular complexity index is 1110. The van der Waals surface area contributed by atoms with Crippen molar-refractivity contribution in [3.05, 3.63) is 70.8 Å². The number of fused-ring (bicyclic) bond motifs is 1. The molecule has 1 aliphatic carbocycles. The molecule has 1 aliphatic heterocycles. The number of carbonyl (C=O) groups excluding carboxylic acids is 1. The lowest BCUT2D eigenvalue weighted by Gasteiger charge is -2.27. The van der Waals surface area contributed by atoms with Gasteiger partial charge in [0.2, 0.25) is 0 Å². The highest BCUT2D eigenvalue weighted by molar-refractivity contribution is 6.33. The number of hydrogen-bond acceptors (Lipinski definition) is 5. The third-order valence-electron chi connectivity index (χ3n) is 5.65. The standard InChI is InChI=1S/C22H21ClN4O3/c1-2-26-13-17(23)20(24-26)22(28)27-21(18-9-5-11-30-18)16-8-3-6-14(19(16)25-27)12-15-7-4-10-29-15/h4-5,7,9-13,16,21H,2-3,6,8H2,1H3/b14-12+. The predicted molar refractivity (Wildman–Crippen MR) is 112 cm³/mol. The van der Waals surface area contributed by atoms with E-state index in [1.165, 1.54) is 5.01 Å². The molecule has 154 valence electrons. The van der Waals surface area contributed by atoms with Gasteiger partial charge in [-0.15, -0.1) is 0 Å². The Kier molecular flexibility index (Phi) is 4.83. The molecule has 5 rings (SSSR count). The third-order valence-corrected chi connectivity index (χ3v) is 5.92. The summed E-state index contributed by atoms with van der Waals surface area (Å²) in [7, 11) is 0. The number of hydrazone groups is 1. The van der Waals surface area contributed by atoms with Crippen LogP contribution in [-0.2, 0) is 6.54 Å². The molecule has 3 aromatic heterocycles. The van der Waals surface area contributed by atoms with Gasteiger partial charge in [0.05, 0.1) is 23.3 Å². The van der Waals surface area contributed by atoms with Crippen molar-refractivity contribution in [1.29, 1.82) is 0 Å². The molecule has 7 nitrogen and oxygen atoms in total. The zero-order valence-corrected chi connectivity index (χ0v) is 17.2. The zero-order chi connectivity index (χ0) is 20.7. The molecule has 3 aromatic rings. The second kappa shape index (κ2) is 7.65. The average molecular weight is 425 g/mol. The Balaban J connectivity index is 1.57. The third kappa shape index (κ3) is 3.19. The van der Waals surface area contributed by atoms with Gasteiger partial charge < -0.3 is 8.83 Å². The molecule has 0 spiro atoms. The normalized spacial score (nSPS) is 22.4. The Morgan fingerprint density at radius 1 is 1.30 bits per heavy atom. The van der Waals surface area contributed by atoms with Crippen LogP contribution in [0.2, 0.25) is 5.02 Å². The van der Waals surface area contributed by atoms with Crippen LogP contribution in [0.5, 0.6) is 0 Å². The van der Waals surface area contributed by atoms with Crippen molar-refractivity contribution < 1.29 is 13.6 Å². The number of halogens is 1. The summed E-state index contributed by atoms with van der Waals surface area (Å²) in [5.74, 6) is 1.20. The number of aryl methyl sites for hydroxylation is 1. The van der Waals surface area contributed by atoms with Gasteiger partial charge in [-0.1, -0.05) is 11.6 Å². The molecule has 0 bridgehead atoms. The van der Waals surface area contributed by atoms with Crippen molar-refractivity contribution in [2.24, 2.45) is 11.0 Å². The fourth-order valence-corrected chi connectivity index (χ4v) is 4.49. The van der Waals surface area contributed by atoms with Crippen LogP contribution in [0.25, 0.3) is 6.08 Å². The van der Waals surface area contributed by atoms with E-state index in [-0.39, 0.29) is 23.6 Å². The number of carbonyl (C=O) groups is 1. The maximum atomic E-state index is 13.4. The summed E-state index contributed by atoms with van der Waals surface area (Å²) in [5, 5.41) is 10.9. The van der Waals surface area contributed by atoms with E-state index in [0.29, 0.717) is 17.3 Å². The van der Waals surface area contributed by atoms with Gasteiger partial charge in [-0.3, -0.25) is 9.48 Å². The van der Waals surface area contributed by atoms with Crippen molar-refractivity contribution in [3.8, 4) is 0 Å². The topological polar surface area (TPSA) is 76.8 Å². The molecule has 1 amide bonds. The fraction of sp³-hybridized carbons (Fsp3) is 0.318. The Morgan fingerprint density at radius 3 is 2.83 bits per heavy atom. The van der Waals surface area contributed by atoms with E-state index in [0.717, 1.165) is 36.3 Å². The first-order chi connectivity index (χ1) is 14.7. The average Bonchev–Trinajstić information content (AvgIpc) is 3.53. The monoisotopic (exact) mass is 424 g/mol. The van der Waals surface area contributed by atoms with Crippen LogP contribution in [0.4, 0.5) is 0 Å². The molecular formula is C22H21ClN4O3. The van der Waals surface area contributed by atoms with Crippen LogP contribution in [0.1, 0.15) is 54.2 Å². The van der Waals surface area contributed by atoms with Crippen LogP contribution in [0, 0.1) is 5.92 Å². The first-order valence-electron chi connectivity index (χ1n) is 10.1. The number of hydrogen-bond donors (Lipinski definition) is 0. The van der Waals surface area contributed by atoms with Crippen LogP contribution < -0.4 is 0 Å². The highest BCUT2D eigenvalue weighted by Crippen LogP contribution is 2.45. The maximum absolute atomic E-state index is 13.4. The summed E-state index contributed by atoms with van der Waals surface area (Å²) in [6, 6.07) is 7.16. The van der Waals surface area contributed by atoms with Crippen LogP contribution >= 0.6 is 11.6 Å².